The van der Waals surface area contributed by atoms with Gasteiger partial charge in [0.25, 0.3) is 0 Å². The Morgan fingerprint density at radius 2 is 1.95 bits per heavy atom. The molecule has 1 heterocycles. The summed E-state index contributed by atoms with van der Waals surface area (Å²) in [6, 6.07) is 7.56. The van der Waals surface area contributed by atoms with Gasteiger partial charge in [0.15, 0.2) is 0 Å². The number of aromatic carboxylic acids is 1. The summed E-state index contributed by atoms with van der Waals surface area (Å²) >= 11 is 0. The standard InChI is InChI=1S/C16H20N2O2/c1-4-18(10-11(2)3)15-13-8-6-5-7-12(13)14(9-17-15)16(19)20/h5-9,11H,4,10H2,1-3H3,(H,19,20). The number of aromatic nitrogens is 1. The van der Waals surface area contributed by atoms with E-state index in [-0.39, 0.29) is 5.56 Å². The molecular formula is C16H20N2O2. The summed E-state index contributed by atoms with van der Waals surface area (Å²) in [7, 11) is 0. The molecule has 0 aliphatic heterocycles. The zero-order valence-corrected chi connectivity index (χ0v) is 12.1. The second-order valence-corrected chi connectivity index (χ2v) is 5.28. The Hall–Kier alpha value is -2.10. The van der Waals surface area contributed by atoms with Crippen LogP contribution >= 0.6 is 0 Å². The van der Waals surface area contributed by atoms with E-state index in [1.807, 2.05) is 24.3 Å². The van der Waals surface area contributed by atoms with E-state index in [0.29, 0.717) is 5.92 Å². The van der Waals surface area contributed by atoms with Gasteiger partial charge >= 0.3 is 5.97 Å². The van der Waals surface area contributed by atoms with Crippen LogP contribution in [0.15, 0.2) is 30.5 Å². The first-order chi connectivity index (χ1) is 9.54. The van der Waals surface area contributed by atoms with Crippen molar-refractivity contribution in [1.29, 1.82) is 0 Å². The average molecular weight is 272 g/mol. The third-order valence-corrected chi connectivity index (χ3v) is 3.27. The molecule has 1 aromatic carbocycles. The quantitative estimate of drug-likeness (QED) is 0.906. The second kappa shape index (κ2) is 5.90. The molecule has 0 bridgehead atoms. The molecule has 2 rings (SSSR count). The van der Waals surface area contributed by atoms with Gasteiger partial charge in [0.2, 0.25) is 0 Å². The Labute approximate surface area is 119 Å². The molecule has 0 amide bonds. The largest absolute Gasteiger partial charge is 0.478 e. The SMILES string of the molecule is CCN(CC(C)C)c1ncc(C(=O)O)c2ccccc12. The van der Waals surface area contributed by atoms with Crippen LogP contribution in [0.25, 0.3) is 10.8 Å². The van der Waals surface area contributed by atoms with E-state index in [1.54, 1.807) is 0 Å². The summed E-state index contributed by atoms with van der Waals surface area (Å²) in [6.45, 7) is 8.17. The number of pyridine rings is 1. The molecule has 0 saturated heterocycles. The summed E-state index contributed by atoms with van der Waals surface area (Å²) in [4.78, 5) is 17.9. The summed E-state index contributed by atoms with van der Waals surface area (Å²) < 4.78 is 0. The van der Waals surface area contributed by atoms with Gasteiger partial charge in [-0.1, -0.05) is 38.1 Å². The highest BCUT2D eigenvalue weighted by atomic mass is 16.4. The number of nitrogens with zero attached hydrogens (tertiary/aromatic N) is 2. The highest BCUT2D eigenvalue weighted by Gasteiger charge is 2.16. The van der Waals surface area contributed by atoms with Crippen molar-refractivity contribution in [3.63, 3.8) is 0 Å². The van der Waals surface area contributed by atoms with Crippen LogP contribution in [0.5, 0.6) is 0 Å². The lowest BCUT2D eigenvalue weighted by Gasteiger charge is -2.25. The Bertz CT molecular complexity index is 623. The van der Waals surface area contributed by atoms with Crippen LogP contribution in [-0.4, -0.2) is 29.1 Å². The van der Waals surface area contributed by atoms with E-state index in [4.69, 9.17) is 0 Å². The molecule has 0 aliphatic rings. The molecule has 1 aromatic heterocycles. The van der Waals surface area contributed by atoms with Crippen molar-refractivity contribution in [3.8, 4) is 0 Å². The lowest BCUT2D eigenvalue weighted by atomic mass is 10.1. The van der Waals surface area contributed by atoms with Crippen LogP contribution in [-0.2, 0) is 0 Å². The van der Waals surface area contributed by atoms with E-state index in [9.17, 15) is 9.90 Å². The zero-order valence-electron chi connectivity index (χ0n) is 12.1. The number of benzene rings is 1. The maximum Gasteiger partial charge on any atom is 0.337 e. The van der Waals surface area contributed by atoms with Crippen molar-refractivity contribution in [2.75, 3.05) is 18.0 Å². The van der Waals surface area contributed by atoms with Crippen molar-refractivity contribution >= 4 is 22.6 Å². The Morgan fingerprint density at radius 3 is 2.50 bits per heavy atom. The van der Waals surface area contributed by atoms with Crippen molar-refractivity contribution < 1.29 is 9.90 Å². The van der Waals surface area contributed by atoms with Crippen molar-refractivity contribution in [3.05, 3.63) is 36.0 Å². The molecule has 0 unspecified atom stereocenters. The fourth-order valence-electron chi connectivity index (χ4n) is 2.41. The molecule has 0 radical (unpaired) electrons. The number of carboxylic acids is 1. The van der Waals surface area contributed by atoms with E-state index in [0.717, 1.165) is 29.7 Å². The van der Waals surface area contributed by atoms with Crippen molar-refractivity contribution in [2.45, 2.75) is 20.8 Å². The Balaban J connectivity index is 2.60. The van der Waals surface area contributed by atoms with Gasteiger partial charge in [-0.3, -0.25) is 0 Å². The number of hydrogen-bond donors (Lipinski definition) is 1. The molecule has 2 aromatic rings. The number of anilines is 1. The molecule has 4 heteroatoms. The second-order valence-electron chi connectivity index (χ2n) is 5.28. The summed E-state index contributed by atoms with van der Waals surface area (Å²) in [5.74, 6) is 0.448. The molecule has 0 saturated carbocycles. The lowest BCUT2D eigenvalue weighted by molar-refractivity contribution is 0.0698. The fourth-order valence-corrected chi connectivity index (χ4v) is 2.41. The maximum absolute atomic E-state index is 11.3. The molecule has 4 nitrogen and oxygen atoms in total. The molecule has 0 atom stereocenters. The Morgan fingerprint density at radius 1 is 1.30 bits per heavy atom. The molecule has 20 heavy (non-hydrogen) atoms. The first kappa shape index (κ1) is 14.3. The molecule has 0 fully saturated rings. The van der Waals surface area contributed by atoms with E-state index in [1.165, 1.54) is 6.20 Å². The summed E-state index contributed by atoms with van der Waals surface area (Å²) in [6.07, 6.45) is 1.46. The first-order valence-electron chi connectivity index (χ1n) is 6.90. The highest BCUT2D eigenvalue weighted by molar-refractivity contribution is 6.06. The van der Waals surface area contributed by atoms with E-state index >= 15 is 0 Å². The lowest BCUT2D eigenvalue weighted by Crippen LogP contribution is -2.28. The van der Waals surface area contributed by atoms with Crippen LogP contribution in [0.1, 0.15) is 31.1 Å². The fraction of sp³-hybridized carbons (Fsp3) is 0.375. The van der Waals surface area contributed by atoms with Crippen LogP contribution in [0.3, 0.4) is 0 Å². The van der Waals surface area contributed by atoms with E-state index in [2.05, 4.69) is 30.7 Å². The predicted octanol–water partition coefficient (Wildman–Crippen LogP) is 3.42. The zero-order chi connectivity index (χ0) is 14.7. The maximum atomic E-state index is 11.3. The predicted molar refractivity (Wildman–Crippen MR) is 81.4 cm³/mol. The smallest absolute Gasteiger partial charge is 0.337 e. The van der Waals surface area contributed by atoms with Gasteiger partial charge in [0.1, 0.15) is 5.82 Å². The van der Waals surface area contributed by atoms with Gasteiger partial charge in [-0.05, 0) is 12.8 Å². The van der Waals surface area contributed by atoms with Gasteiger partial charge in [-0.2, -0.15) is 0 Å². The first-order valence-corrected chi connectivity index (χ1v) is 6.90. The summed E-state index contributed by atoms with van der Waals surface area (Å²) in [5.41, 5.74) is 0.255. The number of carbonyl (C=O) groups is 1. The highest BCUT2D eigenvalue weighted by Crippen LogP contribution is 2.27. The van der Waals surface area contributed by atoms with Gasteiger partial charge in [0.05, 0.1) is 5.56 Å². The number of hydrogen-bond acceptors (Lipinski definition) is 3. The van der Waals surface area contributed by atoms with Gasteiger partial charge < -0.3 is 10.0 Å². The molecule has 106 valence electrons. The normalized spacial score (nSPS) is 11.0. The van der Waals surface area contributed by atoms with Gasteiger partial charge in [-0.15, -0.1) is 0 Å². The molecule has 0 spiro atoms. The molecule has 1 N–H and O–H groups in total. The van der Waals surface area contributed by atoms with Gasteiger partial charge in [0, 0.05) is 30.1 Å². The van der Waals surface area contributed by atoms with Crippen molar-refractivity contribution in [2.24, 2.45) is 5.92 Å². The minimum Gasteiger partial charge on any atom is -0.478 e. The summed E-state index contributed by atoms with van der Waals surface area (Å²) in [5, 5.41) is 10.9. The van der Waals surface area contributed by atoms with Crippen molar-refractivity contribution in [1.82, 2.24) is 4.98 Å². The number of rotatable bonds is 5. The third-order valence-electron chi connectivity index (χ3n) is 3.27. The van der Waals surface area contributed by atoms with Crippen LogP contribution < -0.4 is 4.90 Å². The number of carboxylic acid groups (broad SMARTS) is 1. The average Bonchev–Trinajstić information content (AvgIpc) is 2.43. The van der Waals surface area contributed by atoms with Gasteiger partial charge in [-0.25, -0.2) is 9.78 Å². The monoisotopic (exact) mass is 272 g/mol. The minimum absolute atomic E-state index is 0.255. The van der Waals surface area contributed by atoms with E-state index < -0.39 is 5.97 Å². The van der Waals surface area contributed by atoms with Crippen LogP contribution in [0.2, 0.25) is 0 Å². The van der Waals surface area contributed by atoms with Crippen LogP contribution in [0.4, 0.5) is 5.82 Å². The molecule has 0 aliphatic carbocycles. The van der Waals surface area contributed by atoms with Crippen LogP contribution in [0, 0.1) is 5.92 Å². The topological polar surface area (TPSA) is 53.4 Å². The third kappa shape index (κ3) is 2.74. The minimum atomic E-state index is -0.938. The Kier molecular flexibility index (Phi) is 4.23. The number of fused-ring (bicyclic) bond motifs is 1. The molecular weight excluding hydrogens is 252 g/mol.